The van der Waals surface area contributed by atoms with E-state index in [2.05, 4.69) is 20.2 Å². The maximum Gasteiger partial charge on any atom is 0.254 e. The summed E-state index contributed by atoms with van der Waals surface area (Å²) >= 11 is 0. The van der Waals surface area contributed by atoms with Crippen LogP contribution in [0.25, 0.3) is 11.8 Å². The van der Waals surface area contributed by atoms with Gasteiger partial charge >= 0.3 is 0 Å². The lowest BCUT2D eigenvalue weighted by atomic mass is 10.4. The van der Waals surface area contributed by atoms with Gasteiger partial charge in [0.2, 0.25) is 0 Å². The molecule has 0 aromatic carbocycles. The van der Waals surface area contributed by atoms with Gasteiger partial charge < -0.3 is 11.5 Å². The predicted octanol–water partition coefficient (Wildman–Crippen LogP) is -0.244. The predicted molar refractivity (Wildman–Crippen MR) is 74.5 cm³/mol. The van der Waals surface area contributed by atoms with Crippen molar-refractivity contribution >= 4 is 11.6 Å². The zero-order valence-corrected chi connectivity index (χ0v) is 11.0. The fraction of sp³-hybridized carbons (Fsp3) is 0. The molecule has 3 rings (SSSR count). The molecule has 0 radical (unpaired) electrons. The summed E-state index contributed by atoms with van der Waals surface area (Å²) in [6.45, 7) is 0. The first-order valence-electron chi connectivity index (χ1n) is 5.96. The van der Waals surface area contributed by atoms with E-state index in [0.29, 0.717) is 5.82 Å². The molecule has 0 saturated heterocycles. The molecule has 0 atom stereocenters. The lowest BCUT2D eigenvalue weighted by Gasteiger charge is -2.06. The average Bonchev–Trinajstić information content (AvgIpc) is 3.10. The molecule has 10 nitrogen and oxygen atoms in total. The zero-order chi connectivity index (χ0) is 15.7. The van der Waals surface area contributed by atoms with E-state index < -0.39 is 0 Å². The number of nitrogen functional groups attached to an aromatic ring is 2. The maximum atomic E-state index is 8.90. The highest BCUT2D eigenvalue weighted by atomic mass is 15.4. The topological polar surface area (TPSA) is 161 Å². The number of nitrogens with zero attached hydrogens (tertiary/aromatic N) is 8. The van der Waals surface area contributed by atoms with E-state index in [0.717, 1.165) is 0 Å². The number of nitriles is 2. The Labute approximate surface area is 123 Å². The van der Waals surface area contributed by atoms with E-state index in [-0.39, 0.29) is 28.7 Å². The van der Waals surface area contributed by atoms with Crippen LogP contribution in [0.15, 0.2) is 24.7 Å². The van der Waals surface area contributed by atoms with Gasteiger partial charge in [0.05, 0.1) is 12.4 Å². The van der Waals surface area contributed by atoms with Gasteiger partial charge in [-0.05, 0) is 0 Å². The fourth-order valence-electron chi connectivity index (χ4n) is 1.79. The van der Waals surface area contributed by atoms with E-state index in [4.69, 9.17) is 22.0 Å². The molecular weight excluding hydrogens is 284 g/mol. The van der Waals surface area contributed by atoms with Crippen LogP contribution in [0.3, 0.4) is 0 Å². The van der Waals surface area contributed by atoms with Gasteiger partial charge in [-0.1, -0.05) is 0 Å². The molecule has 0 amide bonds. The first-order chi connectivity index (χ1) is 10.7. The van der Waals surface area contributed by atoms with E-state index in [9.17, 15) is 0 Å². The molecule has 0 unspecified atom stereocenters. The molecule has 0 aliphatic rings. The lowest BCUT2D eigenvalue weighted by molar-refractivity contribution is 0.784. The van der Waals surface area contributed by atoms with Gasteiger partial charge in [0, 0.05) is 12.3 Å². The minimum atomic E-state index is 0.130. The average molecular weight is 292 g/mol. The molecule has 0 saturated carbocycles. The Balaban J connectivity index is 2.10. The quantitative estimate of drug-likeness (QED) is 0.653. The summed E-state index contributed by atoms with van der Waals surface area (Å²) in [6, 6.07) is 5.41. The van der Waals surface area contributed by atoms with Crippen molar-refractivity contribution in [1.29, 1.82) is 10.5 Å². The van der Waals surface area contributed by atoms with Gasteiger partial charge in [-0.3, -0.25) is 0 Å². The van der Waals surface area contributed by atoms with Gasteiger partial charge in [-0.15, -0.1) is 0 Å². The van der Waals surface area contributed by atoms with Crippen LogP contribution in [0.4, 0.5) is 11.6 Å². The second-order valence-electron chi connectivity index (χ2n) is 4.15. The fourth-order valence-corrected chi connectivity index (χ4v) is 1.79. The second-order valence-corrected chi connectivity index (χ2v) is 4.15. The molecule has 106 valence electrons. The lowest BCUT2D eigenvalue weighted by Crippen LogP contribution is -2.11. The largest absolute Gasteiger partial charge is 0.382 e. The van der Waals surface area contributed by atoms with E-state index >= 15 is 0 Å². The summed E-state index contributed by atoms with van der Waals surface area (Å²) < 4.78 is 2.53. The number of nitrogens with two attached hydrogens (primary N) is 2. The molecule has 3 aromatic rings. The molecule has 3 heterocycles. The Hall–Kier alpha value is -3.92. The van der Waals surface area contributed by atoms with Gasteiger partial charge in [-0.25, -0.2) is 4.98 Å². The van der Waals surface area contributed by atoms with Crippen LogP contribution in [0, 0.1) is 22.7 Å². The van der Waals surface area contributed by atoms with Crippen LogP contribution in [0.2, 0.25) is 0 Å². The van der Waals surface area contributed by atoms with Crippen molar-refractivity contribution in [2.24, 2.45) is 0 Å². The van der Waals surface area contributed by atoms with Crippen LogP contribution in [0.1, 0.15) is 11.1 Å². The summed E-state index contributed by atoms with van der Waals surface area (Å²) in [5, 5.41) is 25.8. The third-order valence-corrected chi connectivity index (χ3v) is 2.89. The smallest absolute Gasteiger partial charge is 0.254 e. The van der Waals surface area contributed by atoms with Crippen molar-refractivity contribution < 1.29 is 0 Å². The zero-order valence-electron chi connectivity index (χ0n) is 11.0. The molecule has 0 aliphatic carbocycles. The van der Waals surface area contributed by atoms with Gasteiger partial charge in [-0.2, -0.15) is 35.1 Å². The Kier molecular flexibility index (Phi) is 2.90. The van der Waals surface area contributed by atoms with Crippen molar-refractivity contribution in [1.82, 2.24) is 29.5 Å². The SMILES string of the molecule is N#Cc1cnn(-c2ccnc(-n3ncc(C#N)c3N)n2)c1N. The maximum absolute atomic E-state index is 8.90. The summed E-state index contributed by atoms with van der Waals surface area (Å²) in [4.78, 5) is 8.29. The Bertz CT molecular complexity index is 862. The first-order valence-corrected chi connectivity index (χ1v) is 5.96. The second kappa shape index (κ2) is 4.88. The third kappa shape index (κ3) is 1.88. The third-order valence-electron chi connectivity index (χ3n) is 2.89. The monoisotopic (exact) mass is 292 g/mol. The van der Waals surface area contributed by atoms with Gasteiger partial charge in [0.25, 0.3) is 5.95 Å². The van der Waals surface area contributed by atoms with Crippen molar-refractivity contribution in [2.75, 3.05) is 11.5 Å². The van der Waals surface area contributed by atoms with Crippen LogP contribution in [-0.4, -0.2) is 29.5 Å². The highest BCUT2D eigenvalue weighted by Gasteiger charge is 2.14. The number of hydrogen-bond acceptors (Lipinski definition) is 8. The van der Waals surface area contributed by atoms with Crippen LogP contribution < -0.4 is 11.5 Å². The first kappa shape index (κ1) is 13.1. The standard InChI is InChI=1S/C12H8N10/c13-3-7-5-18-21(10(7)15)9-1-2-17-12(20-9)22-11(16)8(4-14)6-19-22/h1-2,5-6H,15-16H2. The summed E-state index contributed by atoms with van der Waals surface area (Å²) in [7, 11) is 0. The number of anilines is 2. The molecule has 0 spiro atoms. The number of rotatable bonds is 2. The minimum Gasteiger partial charge on any atom is -0.382 e. The molecule has 0 fully saturated rings. The number of aromatic nitrogens is 6. The van der Waals surface area contributed by atoms with Crippen molar-refractivity contribution in [3.05, 3.63) is 35.8 Å². The van der Waals surface area contributed by atoms with E-state index in [1.807, 2.05) is 12.1 Å². The summed E-state index contributed by atoms with van der Waals surface area (Å²) in [5.74, 6) is 0.798. The Morgan fingerprint density at radius 3 is 2.14 bits per heavy atom. The molecule has 22 heavy (non-hydrogen) atoms. The molecule has 0 bridgehead atoms. The van der Waals surface area contributed by atoms with Crippen LogP contribution in [0.5, 0.6) is 0 Å². The minimum absolute atomic E-state index is 0.130. The molecule has 3 aromatic heterocycles. The van der Waals surface area contributed by atoms with Crippen molar-refractivity contribution in [3.8, 4) is 23.9 Å². The summed E-state index contributed by atoms with van der Waals surface area (Å²) in [5.41, 5.74) is 12.1. The molecule has 10 heteroatoms. The summed E-state index contributed by atoms with van der Waals surface area (Å²) in [6.07, 6.45) is 4.13. The highest BCUT2D eigenvalue weighted by molar-refractivity contribution is 5.52. The van der Waals surface area contributed by atoms with E-state index in [1.54, 1.807) is 6.07 Å². The van der Waals surface area contributed by atoms with Crippen molar-refractivity contribution in [2.45, 2.75) is 0 Å². The van der Waals surface area contributed by atoms with E-state index in [1.165, 1.54) is 28.0 Å². The van der Waals surface area contributed by atoms with Gasteiger partial charge in [0.15, 0.2) is 5.82 Å². The highest BCUT2D eigenvalue weighted by Crippen LogP contribution is 2.17. The number of hydrogen-bond donors (Lipinski definition) is 2. The Morgan fingerprint density at radius 2 is 1.55 bits per heavy atom. The molecule has 4 N–H and O–H groups in total. The molecule has 0 aliphatic heterocycles. The van der Waals surface area contributed by atoms with Crippen LogP contribution >= 0.6 is 0 Å². The van der Waals surface area contributed by atoms with Crippen molar-refractivity contribution in [3.63, 3.8) is 0 Å². The normalized spacial score (nSPS) is 10.1. The van der Waals surface area contributed by atoms with Crippen LogP contribution in [-0.2, 0) is 0 Å². The molecular formula is C12H8N10. The van der Waals surface area contributed by atoms with Gasteiger partial charge in [0.1, 0.15) is 34.9 Å². The Morgan fingerprint density at radius 1 is 0.955 bits per heavy atom.